The van der Waals surface area contributed by atoms with Crippen molar-refractivity contribution >= 4 is 18.6 Å². The Bertz CT molecular complexity index is 312. The normalized spacial score (nSPS) is 9.58. The highest BCUT2D eigenvalue weighted by Crippen LogP contribution is 2.13. The second-order valence-electron chi connectivity index (χ2n) is 2.16. The number of ether oxygens (including phenoxy) is 1. The summed E-state index contributed by atoms with van der Waals surface area (Å²) in [4.78, 5) is 11.4. The van der Waals surface area contributed by atoms with Crippen molar-refractivity contribution < 1.29 is 13.9 Å². The highest BCUT2D eigenvalue weighted by molar-refractivity contribution is 7.80. The number of esters is 1. The van der Waals surface area contributed by atoms with Crippen LogP contribution in [0.25, 0.3) is 0 Å². The van der Waals surface area contributed by atoms with E-state index in [4.69, 9.17) is 0 Å². The zero-order valence-corrected chi connectivity index (χ0v) is 7.27. The van der Waals surface area contributed by atoms with Gasteiger partial charge in [0.25, 0.3) is 0 Å². The molecule has 0 aliphatic rings. The fraction of sp³-hybridized carbons (Fsp3) is 0.125. The molecule has 0 radical (unpaired) electrons. The van der Waals surface area contributed by atoms with Gasteiger partial charge in [0.1, 0.15) is 5.82 Å². The molecule has 0 fully saturated rings. The fourth-order valence-corrected chi connectivity index (χ4v) is 0.983. The lowest BCUT2D eigenvalue weighted by Gasteiger charge is -2.00. The van der Waals surface area contributed by atoms with Crippen molar-refractivity contribution in [3.8, 4) is 0 Å². The van der Waals surface area contributed by atoms with Crippen LogP contribution in [0.2, 0.25) is 0 Å². The third-order valence-electron chi connectivity index (χ3n) is 1.36. The maximum absolute atomic E-state index is 12.9. The summed E-state index contributed by atoms with van der Waals surface area (Å²) in [6.45, 7) is 0. The average Bonchev–Trinajstić information content (AvgIpc) is 2.08. The summed E-state index contributed by atoms with van der Waals surface area (Å²) < 4.78 is 17.2. The van der Waals surface area contributed by atoms with Crippen LogP contribution in [0.5, 0.6) is 0 Å². The van der Waals surface area contributed by atoms with Crippen molar-refractivity contribution in [2.45, 2.75) is 4.90 Å². The average molecular weight is 186 g/mol. The largest absolute Gasteiger partial charge is 0.465 e. The van der Waals surface area contributed by atoms with Crippen LogP contribution in [0.3, 0.4) is 0 Å². The molecule has 0 saturated heterocycles. The first kappa shape index (κ1) is 9.06. The molecule has 0 saturated carbocycles. The quantitative estimate of drug-likeness (QED) is 0.535. The lowest BCUT2D eigenvalue weighted by molar-refractivity contribution is 0.0595. The Morgan fingerprint density at radius 1 is 1.58 bits per heavy atom. The zero-order chi connectivity index (χ0) is 9.14. The zero-order valence-electron chi connectivity index (χ0n) is 6.37. The monoisotopic (exact) mass is 186 g/mol. The second kappa shape index (κ2) is 3.58. The van der Waals surface area contributed by atoms with Gasteiger partial charge in [0, 0.05) is 4.90 Å². The summed E-state index contributed by atoms with van der Waals surface area (Å²) in [5.41, 5.74) is -0.0926. The van der Waals surface area contributed by atoms with Gasteiger partial charge in [-0.2, -0.15) is 0 Å². The first-order chi connectivity index (χ1) is 5.65. The van der Waals surface area contributed by atoms with E-state index in [2.05, 4.69) is 17.4 Å². The van der Waals surface area contributed by atoms with E-state index in [0.29, 0.717) is 4.90 Å². The minimum atomic E-state index is -0.691. The lowest BCUT2D eigenvalue weighted by atomic mass is 10.2. The van der Waals surface area contributed by atoms with Gasteiger partial charge >= 0.3 is 5.97 Å². The number of carbonyl (C=O) groups is 1. The van der Waals surface area contributed by atoms with Crippen molar-refractivity contribution in [3.05, 3.63) is 29.6 Å². The molecule has 1 rings (SSSR count). The number of hydrogen-bond acceptors (Lipinski definition) is 3. The number of benzene rings is 1. The van der Waals surface area contributed by atoms with Crippen LogP contribution in [0.1, 0.15) is 10.4 Å². The fourth-order valence-electron chi connectivity index (χ4n) is 0.780. The number of hydrogen-bond donors (Lipinski definition) is 1. The van der Waals surface area contributed by atoms with E-state index >= 15 is 0 Å². The van der Waals surface area contributed by atoms with Gasteiger partial charge in [0.2, 0.25) is 0 Å². The summed E-state index contributed by atoms with van der Waals surface area (Å²) in [6.07, 6.45) is 0. The predicted octanol–water partition coefficient (Wildman–Crippen LogP) is 1.90. The van der Waals surface area contributed by atoms with Crippen LogP contribution < -0.4 is 0 Å². The first-order valence-electron chi connectivity index (χ1n) is 3.22. The molecule has 4 heteroatoms. The lowest BCUT2D eigenvalue weighted by Crippen LogP contribution is -2.03. The molecule has 0 N–H and O–H groups in total. The summed E-state index contributed by atoms with van der Waals surface area (Å²) in [5, 5.41) is 0. The van der Waals surface area contributed by atoms with Crippen molar-refractivity contribution in [1.29, 1.82) is 0 Å². The highest BCUT2D eigenvalue weighted by atomic mass is 32.1. The van der Waals surface area contributed by atoms with E-state index in [1.165, 1.54) is 25.3 Å². The summed E-state index contributed by atoms with van der Waals surface area (Å²) in [7, 11) is 1.20. The third-order valence-corrected chi connectivity index (χ3v) is 1.63. The number of halogens is 1. The molecule has 0 aromatic heterocycles. The van der Waals surface area contributed by atoms with Gasteiger partial charge in [0.15, 0.2) is 0 Å². The Kier molecular flexibility index (Phi) is 2.70. The van der Waals surface area contributed by atoms with Crippen molar-refractivity contribution in [2.75, 3.05) is 7.11 Å². The molecule has 1 aromatic carbocycles. The molecule has 0 aliphatic heterocycles. The summed E-state index contributed by atoms with van der Waals surface area (Å²) >= 11 is 3.96. The Balaban J connectivity index is 3.13. The van der Waals surface area contributed by atoms with Crippen LogP contribution in [-0.2, 0) is 4.74 Å². The van der Waals surface area contributed by atoms with Crippen LogP contribution in [0.4, 0.5) is 4.39 Å². The van der Waals surface area contributed by atoms with Gasteiger partial charge < -0.3 is 4.74 Å². The van der Waals surface area contributed by atoms with Crippen molar-refractivity contribution in [2.24, 2.45) is 0 Å². The maximum atomic E-state index is 12.9. The summed E-state index contributed by atoms with van der Waals surface area (Å²) in [5.74, 6) is -1.29. The topological polar surface area (TPSA) is 26.3 Å². The predicted molar refractivity (Wildman–Crippen MR) is 45.0 cm³/mol. The van der Waals surface area contributed by atoms with E-state index in [-0.39, 0.29) is 5.56 Å². The Labute approximate surface area is 74.8 Å². The molecular formula is C8H7FO2S. The molecule has 64 valence electrons. The van der Waals surface area contributed by atoms with Crippen LogP contribution >= 0.6 is 12.6 Å². The highest BCUT2D eigenvalue weighted by Gasteiger charge is 2.11. The number of methoxy groups -OCH3 is 1. The van der Waals surface area contributed by atoms with Gasteiger partial charge in [-0.3, -0.25) is 0 Å². The molecular weight excluding hydrogens is 179 g/mol. The van der Waals surface area contributed by atoms with Crippen molar-refractivity contribution in [1.82, 2.24) is 0 Å². The van der Waals surface area contributed by atoms with Gasteiger partial charge in [0.05, 0.1) is 12.7 Å². The van der Waals surface area contributed by atoms with E-state index in [9.17, 15) is 9.18 Å². The number of thiol groups is 1. The third kappa shape index (κ3) is 1.76. The number of rotatable bonds is 1. The second-order valence-corrected chi connectivity index (χ2v) is 2.67. The maximum Gasteiger partial charge on any atom is 0.340 e. The molecule has 0 aliphatic carbocycles. The molecule has 0 spiro atoms. The van der Waals surface area contributed by atoms with Gasteiger partial charge in [-0.05, 0) is 18.2 Å². The Morgan fingerprint density at radius 3 is 2.83 bits per heavy atom. The molecule has 2 nitrogen and oxygen atoms in total. The molecule has 0 bridgehead atoms. The van der Waals surface area contributed by atoms with E-state index in [1.54, 1.807) is 0 Å². The summed E-state index contributed by atoms with van der Waals surface area (Å²) in [6, 6.07) is 3.96. The van der Waals surface area contributed by atoms with Gasteiger partial charge in [-0.15, -0.1) is 12.6 Å². The molecule has 0 unspecified atom stereocenters. The molecule has 0 heterocycles. The first-order valence-corrected chi connectivity index (χ1v) is 3.66. The smallest absolute Gasteiger partial charge is 0.340 e. The molecule has 1 aromatic rings. The van der Waals surface area contributed by atoms with E-state index < -0.39 is 11.8 Å². The molecule has 12 heavy (non-hydrogen) atoms. The standard InChI is InChI=1S/C8H7FO2S/c1-11-8(10)6-4-5(12)2-3-7(6)9/h2-4,12H,1H3. The van der Waals surface area contributed by atoms with Crippen LogP contribution in [0.15, 0.2) is 23.1 Å². The van der Waals surface area contributed by atoms with E-state index in [0.717, 1.165) is 0 Å². The van der Waals surface area contributed by atoms with Crippen molar-refractivity contribution in [3.63, 3.8) is 0 Å². The van der Waals surface area contributed by atoms with Gasteiger partial charge in [-0.25, -0.2) is 9.18 Å². The molecule has 0 atom stereocenters. The Morgan fingerprint density at radius 2 is 2.25 bits per heavy atom. The Hall–Kier alpha value is -1.03. The SMILES string of the molecule is COC(=O)c1cc(S)ccc1F. The minimum absolute atomic E-state index is 0.0926. The molecule has 0 amide bonds. The van der Waals surface area contributed by atoms with E-state index in [1.807, 2.05) is 0 Å². The minimum Gasteiger partial charge on any atom is -0.465 e. The van der Waals surface area contributed by atoms with Crippen LogP contribution in [0, 0.1) is 5.82 Å². The number of carbonyl (C=O) groups excluding carboxylic acids is 1. The van der Waals surface area contributed by atoms with Gasteiger partial charge in [-0.1, -0.05) is 0 Å². The van der Waals surface area contributed by atoms with Crippen LogP contribution in [-0.4, -0.2) is 13.1 Å².